The minimum atomic E-state index is -3.11. The summed E-state index contributed by atoms with van der Waals surface area (Å²) in [6.07, 6.45) is 0. The van der Waals surface area contributed by atoms with Crippen LogP contribution in [0.5, 0.6) is 0 Å². The van der Waals surface area contributed by atoms with E-state index in [0.717, 1.165) is 5.69 Å². The molecule has 0 aliphatic carbocycles. The zero-order valence-corrected chi connectivity index (χ0v) is 18.0. The van der Waals surface area contributed by atoms with E-state index in [0.29, 0.717) is 26.0 Å². The molecule has 2 unspecified atom stereocenters. The van der Waals surface area contributed by atoms with Crippen LogP contribution in [0.25, 0.3) is 0 Å². The number of fused-ring (bicyclic) bond motifs is 1. The van der Waals surface area contributed by atoms with Gasteiger partial charge in [-0.2, -0.15) is 0 Å². The Kier molecular flexibility index (Phi) is 5.26. The fourth-order valence-corrected chi connectivity index (χ4v) is 6.73. The molecule has 0 saturated carbocycles. The molecule has 0 radical (unpaired) electrons. The average Bonchev–Trinajstić information content (AvgIpc) is 3.06. The third kappa shape index (κ3) is 4.04. The van der Waals surface area contributed by atoms with Crippen LogP contribution in [-0.4, -0.2) is 37.2 Å². The molecule has 2 aliphatic heterocycles. The van der Waals surface area contributed by atoms with E-state index in [1.807, 2.05) is 17.0 Å². The number of nitrogens with zero attached hydrogens (tertiary/aromatic N) is 2. The second-order valence-electron chi connectivity index (χ2n) is 6.49. The van der Waals surface area contributed by atoms with Crippen molar-refractivity contribution in [3.63, 3.8) is 0 Å². The number of amidine groups is 1. The van der Waals surface area contributed by atoms with E-state index < -0.39 is 9.84 Å². The largest absolute Gasteiger partial charge is 0.315 e. The highest BCUT2D eigenvalue weighted by Crippen LogP contribution is 2.36. The Balaban J connectivity index is 1.61. The first-order valence-electron chi connectivity index (χ1n) is 8.22. The molecule has 0 bridgehead atoms. The highest BCUT2D eigenvalue weighted by atomic mass is 79.9. The molecule has 4 rings (SSSR count). The fourth-order valence-electron chi connectivity index (χ4n) is 3.32. The van der Waals surface area contributed by atoms with Gasteiger partial charge >= 0.3 is 0 Å². The van der Waals surface area contributed by atoms with Gasteiger partial charge in [-0.1, -0.05) is 45.4 Å². The highest BCUT2D eigenvalue weighted by molar-refractivity contribution is 9.10. The average molecular weight is 490 g/mol. The molecule has 142 valence electrons. The minimum absolute atomic E-state index is 0.0540. The van der Waals surface area contributed by atoms with Gasteiger partial charge in [-0.05, 0) is 42.0 Å². The zero-order valence-electron chi connectivity index (χ0n) is 14.0. The molecule has 9 heteroatoms. The van der Waals surface area contributed by atoms with Crippen LogP contribution in [0.2, 0.25) is 5.02 Å². The zero-order chi connectivity index (χ0) is 19.2. The first-order valence-corrected chi connectivity index (χ1v) is 12.2. The maximum atomic E-state index is 14.1. The lowest BCUT2D eigenvalue weighted by atomic mass is 10.1. The first-order chi connectivity index (χ1) is 12.8. The van der Waals surface area contributed by atoms with Gasteiger partial charge in [0.05, 0.1) is 23.6 Å². The Bertz CT molecular complexity index is 1010. The van der Waals surface area contributed by atoms with Crippen LogP contribution >= 0.6 is 39.3 Å². The van der Waals surface area contributed by atoms with Crippen molar-refractivity contribution in [2.24, 2.45) is 4.99 Å². The summed E-state index contributed by atoms with van der Waals surface area (Å²) in [5, 5.41) is 1.32. The summed E-state index contributed by atoms with van der Waals surface area (Å²) in [6, 6.07) is 11.7. The Hall–Kier alpha value is -1.09. The van der Waals surface area contributed by atoms with Gasteiger partial charge < -0.3 is 4.90 Å². The van der Waals surface area contributed by atoms with Crippen molar-refractivity contribution in [2.75, 3.05) is 16.4 Å². The molecule has 1 fully saturated rings. The van der Waals surface area contributed by atoms with Gasteiger partial charge in [0.15, 0.2) is 15.0 Å². The smallest absolute Gasteiger partial charge is 0.164 e. The van der Waals surface area contributed by atoms with E-state index in [9.17, 15) is 12.8 Å². The SMILES string of the molecule is O=S1(=O)CC2N=C(SCc3ccc(Br)cc3F)N(c3ccc(Cl)cc3)C2C1. The van der Waals surface area contributed by atoms with Gasteiger partial charge in [0.2, 0.25) is 0 Å². The molecule has 0 aromatic heterocycles. The maximum absolute atomic E-state index is 14.1. The Morgan fingerprint density at radius 2 is 1.96 bits per heavy atom. The molecular formula is C18H15BrClFN2O2S2. The number of hydrogen-bond acceptors (Lipinski definition) is 5. The van der Waals surface area contributed by atoms with Crippen molar-refractivity contribution < 1.29 is 12.8 Å². The number of anilines is 1. The molecule has 1 saturated heterocycles. The van der Waals surface area contributed by atoms with Gasteiger partial charge in [-0.3, -0.25) is 4.99 Å². The van der Waals surface area contributed by atoms with Crippen molar-refractivity contribution in [2.45, 2.75) is 17.8 Å². The second kappa shape index (κ2) is 7.39. The molecule has 0 spiro atoms. The van der Waals surface area contributed by atoms with Crippen molar-refractivity contribution >= 4 is 60.0 Å². The summed E-state index contributed by atoms with van der Waals surface area (Å²) in [5.74, 6) is 0.254. The number of aliphatic imine (C=N–C) groups is 1. The number of sulfone groups is 1. The van der Waals surface area contributed by atoms with E-state index >= 15 is 0 Å². The molecule has 2 aromatic rings. The molecule has 4 nitrogen and oxygen atoms in total. The Labute approximate surface area is 174 Å². The summed E-state index contributed by atoms with van der Waals surface area (Å²) >= 11 is 10.7. The van der Waals surface area contributed by atoms with Crippen LogP contribution in [0, 0.1) is 5.82 Å². The second-order valence-corrected chi connectivity index (χ2v) is 10.9. The third-order valence-corrected chi connectivity index (χ3v) is 8.04. The van der Waals surface area contributed by atoms with Crippen LogP contribution in [0.15, 0.2) is 51.9 Å². The van der Waals surface area contributed by atoms with Crippen LogP contribution < -0.4 is 4.90 Å². The number of halogens is 3. The van der Waals surface area contributed by atoms with Crippen molar-refractivity contribution in [1.82, 2.24) is 0 Å². The molecule has 2 atom stereocenters. The third-order valence-electron chi connectivity index (χ3n) is 4.58. The predicted octanol–water partition coefficient (Wildman–Crippen LogP) is 4.52. The van der Waals surface area contributed by atoms with Crippen molar-refractivity contribution in [3.8, 4) is 0 Å². The summed E-state index contributed by atoms with van der Waals surface area (Å²) < 4.78 is 38.9. The van der Waals surface area contributed by atoms with E-state index in [-0.39, 0.29) is 29.4 Å². The monoisotopic (exact) mass is 488 g/mol. The quantitative estimate of drug-likeness (QED) is 0.636. The van der Waals surface area contributed by atoms with Gasteiger partial charge in [0, 0.05) is 20.9 Å². The predicted molar refractivity (Wildman–Crippen MR) is 113 cm³/mol. The number of thioether (sulfide) groups is 1. The van der Waals surface area contributed by atoms with E-state index in [1.54, 1.807) is 24.3 Å². The number of benzene rings is 2. The van der Waals surface area contributed by atoms with E-state index in [4.69, 9.17) is 11.6 Å². The minimum Gasteiger partial charge on any atom is -0.315 e. The maximum Gasteiger partial charge on any atom is 0.164 e. The highest BCUT2D eigenvalue weighted by Gasteiger charge is 2.47. The van der Waals surface area contributed by atoms with Crippen LogP contribution in [-0.2, 0) is 15.6 Å². The van der Waals surface area contributed by atoms with Gasteiger partial charge in [-0.25, -0.2) is 12.8 Å². The lowest BCUT2D eigenvalue weighted by Crippen LogP contribution is -2.39. The lowest BCUT2D eigenvalue weighted by molar-refractivity contribution is 0.601. The van der Waals surface area contributed by atoms with Gasteiger partial charge in [0.1, 0.15) is 5.82 Å². The van der Waals surface area contributed by atoms with Crippen LogP contribution in [0.1, 0.15) is 5.56 Å². The summed E-state index contributed by atoms with van der Waals surface area (Å²) in [6.45, 7) is 0. The molecule has 0 amide bonds. The normalized spacial score (nSPS) is 23.4. The first kappa shape index (κ1) is 19.2. The van der Waals surface area contributed by atoms with Crippen molar-refractivity contribution in [3.05, 3.63) is 63.3 Å². The number of rotatable bonds is 3. The lowest BCUT2D eigenvalue weighted by Gasteiger charge is -2.26. The van der Waals surface area contributed by atoms with Gasteiger partial charge in [-0.15, -0.1) is 0 Å². The van der Waals surface area contributed by atoms with Crippen LogP contribution in [0.4, 0.5) is 10.1 Å². The van der Waals surface area contributed by atoms with Crippen LogP contribution in [0.3, 0.4) is 0 Å². The number of hydrogen-bond donors (Lipinski definition) is 0. The van der Waals surface area contributed by atoms with E-state index in [1.165, 1.54) is 17.8 Å². The Morgan fingerprint density at radius 3 is 2.67 bits per heavy atom. The molecule has 2 aliphatic rings. The topological polar surface area (TPSA) is 49.7 Å². The van der Waals surface area contributed by atoms with Gasteiger partial charge in [0.25, 0.3) is 0 Å². The molecule has 0 N–H and O–H groups in total. The molecular weight excluding hydrogens is 475 g/mol. The fraction of sp³-hybridized carbons (Fsp3) is 0.278. The molecule has 2 aromatic carbocycles. The van der Waals surface area contributed by atoms with Crippen molar-refractivity contribution in [1.29, 1.82) is 0 Å². The van der Waals surface area contributed by atoms with E-state index in [2.05, 4.69) is 20.9 Å². The standard InChI is InChI=1S/C18H15BrClFN2O2S2/c19-12-2-1-11(15(21)7-12)8-26-18-22-16-9-27(24,25)10-17(16)23(18)14-5-3-13(20)4-6-14/h1-7,16-17H,8-10H2. The summed E-state index contributed by atoms with van der Waals surface area (Å²) in [4.78, 5) is 6.60. The molecule has 27 heavy (non-hydrogen) atoms. The molecule has 2 heterocycles. The summed E-state index contributed by atoms with van der Waals surface area (Å²) in [5.41, 5.74) is 1.41. The summed E-state index contributed by atoms with van der Waals surface area (Å²) in [7, 11) is -3.11. The Morgan fingerprint density at radius 1 is 1.22 bits per heavy atom.